The van der Waals surface area contributed by atoms with Crippen LogP contribution in [0.1, 0.15) is 21.5 Å². The van der Waals surface area contributed by atoms with E-state index in [1.165, 1.54) is 0 Å². The number of aromatic nitrogens is 1. The first-order valence-corrected chi connectivity index (χ1v) is 6.66. The summed E-state index contributed by atoms with van der Waals surface area (Å²) >= 11 is 0. The van der Waals surface area contributed by atoms with Crippen molar-refractivity contribution in [2.24, 2.45) is 0 Å². The standard InChI is InChI=1S/C18H15NO/c1-13-5-2-3-7-16(13)18(20)12-14-8-9-15-6-4-10-19-17(15)11-14/h2-11H,12H2,1H3. The summed E-state index contributed by atoms with van der Waals surface area (Å²) < 4.78 is 0. The van der Waals surface area contributed by atoms with E-state index in [0.29, 0.717) is 6.42 Å². The molecular formula is C18H15NO. The number of Topliss-reactive ketones (excluding diaryl/α,β-unsaturated/α-hetero) is 1. The minimum Gasteiger partial charge on any atom is -0.294 e. The van der Waals surface area contributed by atoms with E-state index < -0.39 is 0 Å². The number of benzene rings is 2. The van der Waals surface area contributed by atoms with E-state index in [1.807, 2.05) is 61.5 Å². The summed E-state index contributed by atoms with van der Waals surface area (Å²) in [7, 11) is 0. The molecule has 0 aliphatic carbocycles. The van der Waals surface area contributed by atoms with Gasteiger partial charge in [0.25, 0.3) is 0 Å². The number of fused-ring (bicyclic) bond motifs is 1. The SMILES string of the molecule is Cc1ccccc1C(=O)Cc1ccc2cccnc2c1. The highest BCUT2D eigenvalue weighted by Crippen LogP contribution is 2.16. The number of pyridine rings is 1. The Kier molecular flexibility index (Phi) is 3.30. The molecule has 3 rings (SSSR count). The minimum atomic E-state index is 0.151. The van der Waals surface area contributed by atoms with Crippen LogP contribution in [0.15, 0.2) is 60.8 Å². The zero-order valence-corrected chi connectivity index (χ0v) is 11.3. The van der Waals surface area contributed by atoms with Crippen molar-refractivity contribution in [1.29, 1.82) is 0 Å². The molecule has 1 heterocycles. The van der Waals surface area contributed by atoms with Gasteiger partial charge in [-0.15, -0.1) is 0 Å². The molecule has 0 radical (unpaired) electrons. The summed E-state index contributed by atoms with van der Waals surface area (Å²) in [6.45, 7) is 1.97. The molecule has 98 valence electrons. The first kappa shape index (κ1) is 12.5. The Labute approximate surface area is 118 Å². The molecule has 0 amide bonds. The molecule has 2 heteroatoms. The van der Waals surface area contributed by atoms with Gasteiger partial charge in [0.05, 0.1) is 5.52 Å². The Balaban J connectivity index is 1.89. The maximum absolute atomic E-state index is 12.4. The van der Waals surface area contributed by atoms with E-state index in [2.05, 4.69) is 4.98 Å². The van der Waals surface area contributed by atoms with Gasteiger partial charge in [-0.2, -0.15) is 0 Å². The van der Waals surface area contributed by atoms with Gasteiger partial charge in [0.15, 0.2) is 5.78 Å². The highest BCUT2D eigenvalue weighted by atomic mass is 16.1. The normalized spacial score (nSPS) is 10.7. The highest BCUT2D eigenvalue weighted by Gasteiger charge is 2.09. The topological polar surface area (TPSA) is 30.0 Å². The number of ketones is 1. The lowest BCUT2D eigenvalue weighted by molar-refractivity contribution is 0.0992. The molecule has 0 aliphatic rings. The van der Waals surface area contributed by atoms with E-state index in [9.17, 15) is 4.79 Å². The summed E-state index contributed by atoms with van der Waals surface area (Å²) in [5.41, 5.74) is 3.76. The predicted octanol–water partition coefficient (Wildman–Crippen LogP) is 3.97. The van der Waals surface area contributed by atoms with Crippen LogP contribution in [-0.2, 0) is 6.42 Å². The Bertz CT molecular complexity index is 777. The van der Waals surface area contributed by atoms with Crippen LogP contribution in [0.25, 0.3) is 10.9 Å². The lowest BCUT2D eigenvalue weighted by Crippen LogP contribution is -2.05. The van der Waals surface area contributed by atoms with Gasteiger partial charge in [-0.3, -0.25) is 9.78 Å². The van der Waals surface area contributed by atoms with Crippen molar-refractivity contribution in [3.8, 4) is 0 Å². The summed E-state index contributed by atoms with van der Waals surface area (Å²) in [6.07, 6.45) is 2.19. The molecular weight excluding hydrogens is 246 g/mol. The summed E-state index contributed by atoms with van der Waals surface area (Å²) in [6, 6.07) is 17.7. The van der Waals surface area contributed by atoms with E-state index in [4.69, 9.17) is 0 Å². The van der Waals surface area contributed by atoms with Gasteiger partial charge in [-0.05, 0) is 30.2 Å². The Morgan fingerprint density at radius 3 is 2.75 bits per heavy atom. The zero-order chi connectivity index (χ0) is 13.9. The van der Waals surface area contributed by atoms with Crippen LogP contribution in [0, 0.1) is 6.92 Å². The van der Waals surface area contributed by atoms with Crippen molar-refractivity contribution in [1.82, 2.24) is 4.98 Å². The molecule has 0 atom stereocenters. The van der Waals surface area contributed by atoms with Crippen molar-refractivity contribution in [3.05, 3.63) is 77.5 Å². The second-order valence-electron chi connectivity index (χ2n) is 4.95. The van der Waals surface area contributed by atoms with Gasteiger partial charge in [0, 0.05) is 23.6 Å². The van der Waals surface area contributed by atoms with Gasteiger partial charge in [0.2, 0.25) is 0 Å². The van der Waals surface area contributed by atoms with Crippen LogP contribution >= 0.6 is 0 Å². The quantitative estimate of drug-likeness (QED) is 0.668. The van der Waals surface area contributed by atoms with Crippen molar-refractivity contribution in [3.63, 3.8) is 0 Å². The molecule has 0 N–H and O–H groups in total. The van der Waals surface area contributed by atoms with Gasteiger partial charge < -0.3 is 0 Å². The number of carbonyl (C=O) groups is 1. The van der Waals surface area contributed by atoms with Gasteiger partial charge in [0.1, 0.15) is 0 Å². The smallest absolute Gasteiger partial charge is 0.167 e. The first-order valence-electron chi connectivity index (χ1n) is 6.66. The second kappa shape index (κ2) is 5.25. The van der Waals surface area contributed by atoms with Crippen LogP contribution in [-0.4, -0.2) is 10.8 Å². The summed E-state index contributed by atoms with van der Waals surface area (Å²) in [5, 5.41) is 1.10. The highest BCUT2D eigenvalue weighted by molar-refractivity contribution is 5.99. The molecule has 2 nitrogen and oxygen atoms in total. The largest absolute Gasteiger partial charge is 0.294 e. The Morgan fingerprint density at radius 1 is 1.05 bits per heavy atom. The monoisotopic (exact) mass is 261 g/mol. The van der Waals surface area contributed by atoms with Gasteiger partial charge in [-0.25, -0.2) is 0 Å². The second-order valence-corrected chi connectivity index (χ2v) is 4.95. The van der Waals surface area contributed by atoms with Crippen LogP contribution < -0.4 is 0 Å². The van der Waals surface area contributed by atoms with E-state index in [-0.39, 0.29) is 5.78 Å². The van der Waals surface area contributed by atoms with E-state index >= 15 is 0 Å². The molecule has 0 fully saturated rings. The fraction of sp³-hybridized carbons (Fsp3) is 0.111. The fourth-order valence-corrected chi connectivity index (χ4v) is 2.39. The summed E-state index contributed by atoms with van der Waals surface area (Å²) in [4.78, 5) is 16.7. The van der Waals surface area contributed by atoms with Gasteiger partial charge >= 0.3 is 0 Å². The minimum absolute atomic E-state index is 0.151. The van der Waals surface area contributed by atoms with E-state index in [0.717, 1.165) is 27.6 Å². The third kappa shape index (κ3) is 2.45. The average molecular weight is 261 g/mol. The van der Waals surface area contributed by atoms with Crippen molar-refractivity contribution in [2.45, 2.75) is 13.3 Å². The maximum Gasteiger partial charge on any atom is 0.167 e. The van der Waals surface area contributed by atoms with Crippen LogP contribution in [0.4, 0.5) is 0 Å². The van der Waals surface area contributed by atoms with Crippen LogP contribution in [0.5, 0.6) is 0 Å². The number of nitrogens with zero attached hydrogens (tertiary/aromatic N) is 1. The molecule has 20 heavy (non-hydrogen) atoms. The number of rotatable bonds is 3. The lowest BCUT2D eigenvalue weighted by Gasteiger charge is -2.05. The van der Waals surface area contributed by atoms with E-state index in [1.54, 1.807) is 6.20 Å². The molecule has 0 saturated heterocycles. The van der Waals surface area contributed by atoms with Crippen molar-refractivity contribution >= 4 is 16.7 Å². The van der Waals surface area contributed by atoms with Crippen LogP contribution in [0.3, 0.4) is 0 Å². The number of aryl methyl sites for hydroxylation is 1. The Morgan fingerprint density at radius 2 is 1.90 bits per heavy atom. The molecule has 0 saturated carbocycles. The first-order chi connectivity index (χ1) is 9.74. The molecule has 0 aliphatic heterocycles. The summed E-state index contributed by atoms with van der Waals surface area (Å²) in [5.74, 6) is 0.151. The maximum atomic E-state index is 12.4. The molecule has 1 aromatic heterocycles. The predicted molar refractivity (Wildman–Crippen MR) is 81.0 cm³/mol. The average Bonchev–Trinajstić information content (AvgIpc) is 2.47. The molecule has 0 unspecified atom stereocenters. The number of hydrogen-bond donors (Lipinski definition) is 0. The third-order valence-corrected chi connectivity index (χ3v) is 3.48. The molecule has 0 bridgehead atoms. The number of hydrogen-bond acceptors (Lipinski definition) is 2. The zero-order valence-electron chi connectivity index (χ0n) is 11.3. The molecule has 2 aromatic carbocycles. The van der Waals surface area contributed by atoms with Gasteiger partial charge in [-0.1, -0.05) is 42.5 Å². The Hall–Kier alpha value is -2.48. The van der Waals surface area contributed by atoms with Crippen molar-refractivity contribution in [2.75, 3.05) is 0 Å². The lowest BCUT2D eigenvalue weighted by atomic mass is 9.98. The third-order valence-electron chi connectivity index (χ3n) is 3.48. The molecule has 3 aromatic rings. The molecule has 0 spiro atoms. The van der Waals surface area contributed by atoms with Crippen LogP contribution in [0.2, 0.25) is 0 Å². The van der Waals surface area contributed by atoms with Crippen molar-refractivity contribution < 1.29 is 4.79 Å². The fourth-order valence-electron chi connectivity index (χ4n) is 2.39. The number of carbonyl (C=O) groups excluding carboxylic acids is 1.